The van der Waals surface area contributed by atoms with Gasteiger partial charge in [0.25, 0.3) is 0 Å². The van der Waals surface area contributed by atoms with Crippen LogP contribution in [0.3, 0.4) is 0 Å². The second-order valence-electron chi connectivity index (χ2n) is 6.68. The predicted molar refractivity (Wildman–Crippen MR) is 107 cm³/mol. The number of nitrogens with one attached hydrogen (secondary N) is 1. The number of rotatable bonds is 5. The zero-order chi connectivity index (χ0) is 18.8. The van der Waals surface area contributed by atoms with Crippen LogP contribution in [0.5, 0.6) is 0 Å². The van der Waals surface area contributed by atoms with Crippen molar-refractivity contribution < 1.29 is 8.42 Å². The Balaban J connectivity index is 2.43. The van der Waals surface area contributed by atoms with E-state index in [4.69, 9.17) is 5.73 Å². The van der Waals surface area contributed by atoms with Gasteiger partial charge in [-0.2, -0.15) is 0 Å². The first-order chi connectivity index (χ1) is 11.6. The van der Waals surface area contributed by atoms with E-state index in [2.05, 4.69) is 10.8 Å². The van der Waals surface area contributed by atoms with Crippen molar-refractivity contribution in [1.29, 1.82) is 0 Å². The van der Waals surface area contributed by atoms with Gasteiger partial charge >= 0.3 is 0 Å². The van der Waals surface area contributed by atoms with Gasteiger partial charge in [-0.1, -0.05) is 24.3 Å². The summed E-state index contributed by atoms with van der Waals surface area (Å²) < 4.78 is 27.1. The number of benzene rings is 2. The first kappa shape index (κ1) is 19.2. The number of hydrogen-bond donors (Lipinski definition) is 2. The molecular weight excluding hydrogens is 332 g/mol. The van der Waals surface area contributed by atoms with Crippen LogP contribution in [0.25, 0.3) is 17.2 Å². The summed E-state index contributed by atoms with van der Waals surface area (Å²) in [5.41, 5.74) is 11.7. The summed E-state index contributed by atoms with van der Waals surface area (Å²) in [6.45, 7) is 9.25. The number of nitrogen functional groups attached to an aromatic ring is 1. The molecule has 0 fully saturated rings. The van der Waals surface area contributed by atoms with Gasteiger partial charge in [0.1, 0.15) is 0 Å². The lowest BCUT2D eigenvalue weighted by molar-refractivity contribution is 0.576. The van der Waals surface area contributed by atoms with Crippen molar-refractivity contribution in [3.63, 3.8) is 0 Å². The van der Waals surface area contributed by atoms with Crippen molar-refractivity contribution in [3.8, 4) is 11.1 Å². The van der Waals surface area contributed by atoms with Gasteiger partial charge in [-0.05, 0) is 80.6 Å². The molecule has 2 aromatic carbocycles. The monoisotopic (exact) mass is 358 g/mol. The summed E-state index contributed by atoms with van der Waals surface area (Å²) >= 11 is 0. The average molecular weight is 359 g/mol. The van der Waals surface area contributed by atoms with Crippen LogP contribution in [-0.4, -0.2) is 14.5 Å². The van der Waals surface area contributed by atoms with Gasteiger partial charge in [0.2, 0.25) is 10.0 Å². The molecule has 0 aliphatic carbocycles. The molecule has 0 bridgehead atoms. The molecule has 0 heterocycles. The van der Waals surface area contributed by atoms with Crippen LogP contribution < -0.4 is 10.5 Å². The van der Waals surface area contributed by atoms with E-state index < -0.39 is 10.0 Å². The van der Waals surface area contributed by atoms with Crippen LogP contribution in [0, 0.1) is 13.8 Å². The third kappa shape index (κ3) is 4.71. The third-order valence-corrected chi connectivity index (χ3v) is 5.76. The summed E-state index contributed by atoms with van der Waals surface area (Å²) in [4.78, 5) is 0.309. The molecule has 0 amide bonds. The second kappa shape index (κ2) is 7.42. The van der Waals surface area contributed by atoms with Crippen molar-refractivity contribution in [2.24, 2.45) is 0 Å². The third-order valence-electron chi connectivity index (χ3n) is 4.01. The van der Waals surface area contributed by atoms with E-state index in [1.54, 1.807) is 13.0 Å². The molecule has 5 heteroatoms. The molecule has 0 aliphatic heterocycles. The molecule has 134 valence electrons. The van der Waals surface area contributed by atoms with E-state index in [1.807, 2.05) is 58.0 Å². The van der Waals surface area contributed by atoms with E-state index in [0.29, 0.717) is 4.91 Å². The maximum Gasteiger partial charge on any atom is 0.236 e. The summed E-state index contributed by atoms with van der Waals surface area (Å²) in [6.07, 6.45) is 1.72. The molecule has 0 saturated heterocycles. The highest BCUT2D eigenvalue weighted by atomic mass is 32.2. The number of aryl methyl sites for hydroxylation is 2. The Hall–Kier alpha value is -2.11. The summed E-state index contributed by atoms with van der Waals surface area (Å²) in [7, 11) is -3.46. The number of hydrogen-bond acceptors (Lipinski definition) is 3. The lowest BCUT2D eigenvalue weighted by Gasteiger charge is -2.13. The van der Waals surface area contributed by atoms with Crippen LogP contribution in [0.4, 0.5) is 5.69 Å². The van der Waals surface area contributed by atoms with Gasteiger partial charge in [-0.3, -0.25) is 0 Å². The number of allylic oxidation sites excluding steroid dienone is 1. The van der Waals surface area contributed by atoms with Gasteiger partial charge in [0, 0.05) is 11.7 Å². The van der Waals surface area contributed by atoms with Crippen molar-refractivity contribution in [3.05, 3.63) is 58.0 Å². The molecule has 0 spiro atoms. The van der Waals surface area contributed by atoms with Gasteiger partial charge < -0.3 is 5.73 Å². The van der Waals surface area contributed by atoms with Crippen LogP contribution in [0.2, 0.25) is 0 Å². The molecule has 4 nitrogen and oxygen atoms in total. The zero-order valence-electron chi connectivity index (χ0n) is 15.4. The Bertz CT molecular complexity index is 896. The highest BCUT2D eigenvalue weighted by molar-refractivity contribution is 7.93. The Kier molecular flexibility index (Phi) is 5.70. The Morgan fingerprint density at radius 3 is 2.24 bits per heavy atom. The fraction of sp³-hybridized carbons (Fsp3) is 0.300. The molecule has 0 atom stereocenters. The van der Waals surface area contributed by atoms with Crippen LogP contribution in [-0.2, 0) is 10.0 Å². The van der Waals surface area contributed by atoms with Crippen molar-refractivity contribution in [2.75, 3.05) is 5.73 Å². The molecule has 0 unspecified atom stereocenters. The zero-order valence-corrected chi connectivity index (χ0v) is 16.2. The maximum absolute atomic E-state index is 12.3. The lowest BCUT2D eigenvalue weighted by atomic mass is 9.95. The van der Waals surface area contributed by atoms with E-state index in [0.717, 1.165) is 33.5 Å². The molecule has 0 saturated carbocycles. The van der Waals surface area contributed by atoms with Crippen molar-refractivity contribution in [2.45, 2.75) is 40.7 Å². The summed E-state index contributed by atoms with van der Waals surface area (Å²) in [5, 5.41) is 0. The molecule has 2 aromatic rings. The highest BCUT2D eigenvalue weighted by Gasteiger charge is 2.15. The predicted octanol–water partition coefficient (Wildman–Crippen LogP) is 4.24. The van der Waals surface area contributed by atoms with E-state index in [1.165, 1.54) is 0 Å². The molecular formula is C20H26N2O2S. The normalized spacial score (nSPS) is 12.6. The van der Waals surface area contributed by atoms with E-state index in [9.17, 15) is 8.42 Å². The van der Waals surface area contributed by atoms with Gasteiger partial charge in [-0.25, -0.2) is 13.1 Å². The quantitative estimate of drug-likeness (QED) is 0.785. The molecule has 0 aliphatic rings. The Morgan fingerprint density at radius 1 is 1.08 bits per heavy atom. The number of nitrogens with two attached hydrogens (primary N) is 1. The minimum absolute atomic E-state index is 0.135. The largest absolute Gasteiger partial charge is 0.399 e. The van der Waals surface area contributed by atoms with Crippen molar-refractivity contribution in [1.82, 2.24) is 4.72 Å². The fourth-order valence-electron chi connectivity index (χ4n) is 2.67. The SMILES string of the molecule is C/C(=C\c1cc(C)c(-c2ccc(N)cc2)cc1C)S(=O)(=O)NC(C)C. The lowest BCUT2D eigenvalue weighted by Crippen LogP contribution is -2.30. The summed E-state index contributed by atoms with van der Waals surface area (Å²) in [5.74, 6) is 0. The average Bonchev–Trinajstić information content (AvgIpc) is 2.50. The molecule has 2 rings (SSSR count). The smallest absolute Gasteiger partial charge is 0.236 e. The van der Waals surface area contributed by atoms with Crippen LogP contribution in [0.15, 0.2) is 41.3 Å². The minimum Gasteiger partial charge on any atom is -0.399 e. The number of sulfonamides is 1. The fourth-order valence-corrected chi connectivity index (χ4v) is 3.76. The first-order valence-electron chi connectivity index (χ1n) is 8.28. The van der Waals surface area contributed by atoms with Gasteiger partial charge in [0.15, 0.2) is 0 Å². The highest BCUT2D eigenvalue weighted by Crippen LogP contribution is 2.28. The molecule has 0 radical (unpaired) electrons. The number of anilines is 1. The summed E-state index contributed by atoms with van der Waals surface area (Å²) in [6, 6.07) is 11.7. The van der Waals surface area contributed by atoms with Gasteiger partial charge in [-0.15, -0.1) is 0 Å². The van der Waals surface area contributed by atoms with Crippen molar-refractivity contribution >= 4 is 21.8 Å². The Labute approximate surface area is 150 Å². The van der Waals surface area contributed by atoms with Crippen LogP contribution in [0.1, 0.15) is 37.5 Å². The van der Waals surface area contributed by atoms with Crippen LogP contribution >= 0.6 is 0 Å². The minimum atomic E-state index is -3.46. The standard InChI is InChI=1S/C20H26N2O2S/c1-13(2)22-25(23,24)16(5)12-18-10-15(4)20(11-14(18)3)17-6-8-19(21)9-7-17/h6-13,22H,21H2,1-5H3/b16-12+. The molecule has 3 N–H and O–H groups in total. The molecule has 25 heavy (non-hydrogen) atoms. The second-order valence-corrected chi connectivity index (χ2v) is 8.56. The topological polar surface area (TPSA) is 72.2 Å². The van der Waals surface area contributed by atoms with Gasteiger partial charge in [0.05, 0.1) is 4.91 Å². The Morgan fingerprint density at radius 2 is 1.68 bits per heavy atom. The maximum atomic E-state index is 12.3. The first-order valence-corrected chi connectivity index (χ1v) is 9.76. The van der Waals surface area contributed by atoms with E-state index in [-0.39, 0.29) is 6.04 Å². The van der Waals surface area contributed by atoms with E-state index >= 15 is 0 Å². The molecule has 0 aromatic heterocycles.